The van der Waals surface area contributed by atoms with Crippen LogP contribution in [-0.4, -0.2) is 19.3 Å². The number of hydrogen-bond acceptors (Lipinski definition) is 3. The summed E-state index contributed by atoms with van der Waals surface area (Å²) >= 11 is 1.80. The largest absolute Gasteiger partial charge is 0.380 e. The summed E-state index contributed by atoms with van der Waals surface area (Å²) in [6.07, 6.45) is 1.16. The molecule has 3 heteroatoms. The second-order valence-corrected chi connectivity index (χ2v) is 4.05. The summed E-state index contributed by atoms with van der Waals surface area (Å²) in [6, 6.07) is 4.83. The van der Waals surface area contributed by atoms with Crippen LogP contribution < -0.4 is 5.32 Å². The highest BCUT2D eigenvalue weighted by molar-refractivity contribution is 7.09. The topological polar surface area (TPSA) is 21.3 Å². The number of ether oxygens (including phenoxy) is 1. The molecule has 1 N–H and O–H groups in total. The Morgan fingerprint density at radius 3 is 3.33 bits per heavy atom. The molecule has 2 heterocycles. The lowest BCUT2D eigenvalue weighted by Crippen LogP contribution is -2.28. The molecular weight excluding hydrogens is 170 g/mol. The summed E-state index contributed by atoms with van der Waals surface area (Å²) in [5, 5.41) is 5.58. The Labute approximate surface area is 76.6 Å². The zero-order valence-electron chi connectivity index (χ0n) is 6.95. The van der Waals surface area contributed by atoms with Crippen LogP contribution in [0.2, 0.25) is 0 Å². The van der Waals surface area contributed by atoms with Crippen LogP contribution >= 0.6 is 11.3 Å². The molecule has 1 aliphatic rings. The Balaban J connectivity index is 1.74. The molecule has 1 aromatic rings. The van der Waals surface area contributed by atoms with Gasteiger partial charge in [-0.25, -0.2) is 0 Å². The third kappa shape index (κ3) is 2.06. The molecule has 0 amide bonds. The van der Waals surface area contributed by atoms with Crippen molar-refractivity contribution in [2.24, 2.45) is 0 Å². The molecule has 2 rings (SSSR count). The molecule has 1 unspecified atom stereocenters. The molecule has 0 aromatic carbocycles. The lowest BCUT2D eigenvalue weighted by molar-refractivity contribution is 0.190. The van der Waals surface area contributed by atoms with Crippen molar-refractivity contribution in [3.8, 4) is 0 Å². The van der Waals surface area contributed by atoms with E-state index in [0.717, 1.165) is 26.2 Å². The summed E-state index contributed by atoms with van der Waals surface area (Å²) in [5.41, 5.74) is 0. The van der Waals surface area contributed by atoms with Gasteiger partial charge < -0.3 is 10.1 Å². The van der Waals surface area contributed by atoms with Crippen molar-refractivity contribution >= 4 is 11.3 Å². The van der Waals surface area contributed by atoms with Crippen LogP contribution in [0.4, 0.5) is 0 Å². The van der Waals surface area contributed by atoms with E-state index in [-0.39, 0.29) is 0 Å². The van der Waals surface area contributed by atoms with E-state index in [1.54, 1.807) is 11.3 Å². The molecule has 0 aliphatic carbocycles. The SMILES string of the molecule is c1csc(CNC2CCOC2)c1. The van der Waals surface area contributed by atoms with E-state index < -0.39 is 0 Å². The zero-order valence-corrected chi connectivity index (χ0v) is 7.77. The number of hydrogen-bond donors (Lipinski definition) is 1. The molecule has 66 valence electrons. The van der Waals surface area contributed by atoms with Crippen molar-refractivity contribution in [2.45, 2.75) is 19.0 Å². The minimum atomic E-state index is 0.576. The Kier molecular flexibility index (Phi) is 2.76. The molecule has 1 saturated heterocycles. The van der Waals surface area contributed by atoms with E-state index in [2.05, 4.69) is 22.8 Å². The van der Waals surface area contributed by atoms with Crippen molar-refractivity contribution in [3.05, 3.63) is 22.4 Å². The molecule has 1 aromatic heterocycles. The van der Waals surface area contributed by atoms with Crippen molar-refractivity contribution in [1.29, 1.82) is 0 Å². The number of rotatable bonds is 3. The van der Waals surface area contributed by atoms with Crippen LogP contribution in [0.15, 0.2) is 17.5 Å². The summed E-state index contributed by atoms with van der Waals surface area (Å²) in [6.45, 7) is 2.79. The average molecular weight is 183 g/mol. The first-order chi connectivity index (χ1) is 5.95. The van der Waals surface area contributed by atoms with Crippen LogP contribution in [-0.2, 0) is 11.3 Å². The fourth-order valence-corrected chi connectivity index (χ4v) is 2.01. The van der Waals surface area contributed by atoms with Gasteiger partial charge in [0.15, 0.2) is 0 Å². The van der Waals surface area contributed by atoms with Crippen molar-refractivity contribution < 1.29 is 4.74 Å². The third-order valence-electron chi connectivity index (χ3n) is 2.07. The maximum atomic E-state index is 5.27. The second-order valence-electron chi connectivity index (χ2n) is 3.02. The standard InChI is InChI=1S/C9H13NOS/c1-2-9(12-5-1)6-10-8-3-4-11-7-8/h1-2,5,8,10H,3-4,6-7H2. The van der Waals surface area contributed by atoms with Crippen molar-refractivity contribution in [2.75, 3.05) is 13.2 Å². The molecule has 0 radical (unpaired) electrons. The Morgan fingerprint density at radius 1 is 1.67 bits per heavy atom. The van der Waals surface area contributed by atoms with Gasteiger partial charge in [0.25, 0.3) is 0 Å². The van der Waals surface area contributed by atoms with Gasteiger partial charge in [0.1, 0.15) is 0 Å². The monoisotopic (exact) mass is 183 g/mol. The van der Waals surface area contributed by atoms with Gasteiger partial charge in [-0.2, -0.15) is 0 Å². The summed E-state index contributed by atoms with van der Waals surface area (Å²) in [4.78, 5) is 1.40. The quantitative estimate of drug-likeness (QED) is 0.769. The molecule has 0 spiro atoms. The lowest BCUT2D eigenvalue weighted by atomic mass is 10.2. The first kappa shape index (κ1) is 8.23. The van der Waals surface area contributed by atoms with Gasteiger partial charge in [-0.15, -0.1) is 11.3 Å². The lowest BCUT2D eigenvalue weighted by Gasteiger charge is -2.08. The van der Waals surface area contributed by atoms with E-state index in [9.17, 15) is 0 Å². The van der Waals surface area contributed by atoms with E-state index in [4.69, 9.17) is 4.74 Å². The molecule has 2 nitrogen and oxygen atoms in total. The molecule has 0 bridgehead atoms. The predicted octanol–water partition coefficient (Wildman–Crippen LogP) is 1.63. The normalized spacial score (nSPS) is 23.2. The fraction of sp³-hybridized carbons (Fsp3) is 0.556. The molecular formula is C9H13NOS. The average Bonchev–Trinajstić information content (AvgIpc) is 2.74. The maximum absolute atomic E-state index is 5.27. The molecule has 1 aliphatic heterocycles. The third-order valence-corrected chi connectivity index (χ3v) is 2.95. The number of nitrogens with one attached hydrogen (secondary N) is 1. The highest BCUT2D eigenvalue weighted by Crippen LogP contribution is 2.10. The highest BCUT2D eigenvalue weighted by Gasteiger charge is 2.14. The van der Waals surface area contributed by atoms with Crippen LogP contribution in [0.5, 0.6) is 0 Å². The van der Waals surface area contributed by atoms with Gasteiger partial charge in [-0.3, -0.25) is 0 Å². The van der Waals surface area contributed by atoms with Crippen LogP contribution in [0.1, 0.15) is 11.3 Å². The highest BCUT2D eigenvalue weighted by atomic mass is 32.1. The van der Waals surface area contributed by atoms with E-state index in [1.165, 1.54) is 4.88 Å². The Morgan fingerprint density at radius 2 is 2.67 bits per heavy atom. The van der Waals surface area contributed by atoms with Gasteiger partial charge in [-0.05, 0) is 17.9 Å². The predicted molar refractivity (Wildman–Crippen MR) is 50.4 cm³/mol. The minimum Gasteiger partial charge on any atom is -0.380 e. The van der Waals surface area contributed by atoms with E-state index in [1.807, 2.05) is 0 Å². The Bertz CT molecular complexity index is 216. The smallest absolute Gasteiger partial charge is 0.0620 e. The van der Waals surface area contributed by atoms with Gasteiger partial charge in [0.2, 0.25) is 0 Å². The molecule has 1 atom stereocenters. The van der Waals surface area contributed by atoms with E-state index >= 15 is 0 Å². The second kappa shape index (κ2) is 4.03. The minimum absolute atomic E-state index is 0.576. The summed E-state index contributed by atoms with van der Waals surface area (Å²) in [7, 11) is 0. The Hall–Kier alpha value is -0.380. The van der Waals surface area contributed by atoms with Gasteiger partial charge >= 0.3 is 0 Å². The number of thiophene rings is 1. The van der Waals surface area contributed by atoms with Crippen LogP contribution in [0.3, 0.4) is 0 Å². The molecule has 0 saturated carbocycles. The first-order valence-electron chi connectivity index (χ1n) is 4.28. The van der Waals surface area contributed by atoms with Crippen molar-refractivity contribution in [3.63, 3.8) is 0 Å². The summed E-state index contributed by atoms with van der Waals surface area (Å²) in [5.74, 6) is 0. The summed E-state index contributed by atoms with van der Waals surface area (Å²) < 4.78 is 5.27. The zero-order chi connectivity index (χ0) is 8.23. The molecule has 1 fully saturated rings. The van der Waals surface area contributed by atoms with E-state index in [0.29, 0.717) is 6.04 Å². The van der Waals surface area contributed by atoms with Gasteiger partial charge in [0.05, 0.1) is 6.61 Å². The fourth-order valence-electron chi connectivity index (χ4n) is 1.35. The van der Waals surface area contributed by atoms with Gasteiger partial charge in [-0.1, -0.05) is 6.07 Å². The van der Waals surface area contributed by atoms with Crippen LogP contribution in [0, 0.1) is 0 Å². The maximum Gasteiger partial charge on any atom is 0.0620 e. The van der Waals surface area contributed by atoms with Crippen molar-refractivity contribution in [1.82, 2.24) is 5.32 Å². The first-order valence-corrected chi connectivity index (χ1v) is 5.16. The van der Waals surface area contributed by atoms with Gasteiger partial charge in [0, 0.05) is 24.1 Å². The molecule has 12 heavy (non-hydrogen) atoms. The van der Waals surface area contributed by atoms with Crippen LogP contribution in [0.25, 0.3) is 0 Å².